The minimum atomic E-state index is 0.287. The molecule has 2 atom stereocenters. The summed E-state index contributed by atoms with van der Waals surface area (Å²) in [6.45, 7) is 4.43. The van der Waals surface area contributed by atoms with Gasteiger partial charge in [0.2, 0.25) is 0 Å². The van der Waals surface area contributed by atoms with E-state index in [-0.39, 0.29) is 6.04 Å². The van der Waals surface area contributed by atoms with Crippen molar-refractivity contribution in [1.29, 1.82) is 0 Å². The van der Waals surface area contributed by atoms with Gasteiger partial charge in [0.05, 0.1) is 12.7 Å². The van der Waals surface area contributed by atoms with Gasteiger partial charge in [0.25, 0.3) is 0 Å². The molecule has 2 fully saturated rings. The van der Waals surface area contributed by atoms with Gasteiger partial charge in [0.15, 0.2) is 0 Å². The number of hydrogen-bond donors (Lipinski definition) is 1. The van der Waals surface area contributed by atoms with Crippen molar-refractivity contribution >= 4 is 0 Å². The van der Waals surface area contributed by atoms with Crippen molar-refractivity contribution < 1.29 is 4.74 Å². The Hall–Kier alpha value is -0.120. The largest absolute Gasteiger partial charge is 0.375 e. The third-order valence-corrected chi connectivity index (χ3v) is 3.07. The molecule has 0 aromatic heterocycles. The molecule has 2 aliphatic rings. The molecule has 2 aliphatic heterocycles. The molecular weight excluding hydrogens is 164 g/mol. The average molecular weight is 184 g/mol. The van der Waals surface area contributed by atoms with Crippen LogP contribution >= 0.6 is 0 Å². The maximum Gasteiger partial charge on any atom is 0.0703 e. The molecule has 0 spiro atoms. The van der Waals surface area contributed by atoms with E-state index < -0.39 is 0 Å². The Morgan fingerprint density at radius 1 is 1.23 bits per heavy atom. The lowest BCUT2D eigenvalue weighted by molar-refractivity contribution is -0.0110. The van der Waals surface area contributed by atoms with E-state index in [4.69, 9.17) is 10.5 Å². The van der Waals surface area contributed by atoms with Gasteiger partial charge in [0.1, 0.15) is 0 Å². The van der Waals surface area contributed by atoms with Crippen molar-refractivity contribution in [2.45, 2.75) is 37.8 Å². The van der Waals surface area contributed by atoms with Crippen molar-refractivity contribution in [3.8, 4) is 0 Å². The van der Waals surface area contributed by atoms with Crippen LogP contribution in [-0.4, -0.2) is 43.3 Å². The summed E-state index contributed by atoms with van der Waals surface area (Å²) in [5.41, 5.74) is 5.77. The fourth-order valence-corrected chi connectivity index (χ4v) is 2.22. The summed E-state index contributed by atoms with van der Waals surface area (Å²) < 4.78 is 5.69. The molecule has 2 saturated heterocycles. The third kappa shape index (κ3) is 2.66. The quantitative estimate of drug-likeness (QED) is 0.682. The summed E-state index contributed by atoms with van der Waals surface area (Å²) >= 11 is 0. The van der Waals surface area contributed by atoms with Crippen LogP contribution in [0.4, 0.5) is 0 Å². The number of ether oxygens (including phenoxy) is 1. The highest BCUT2D eigenvalue weighted by molar-refractivity contribution is 4.76. The first-order chi connectivity index (χ1) is 6.34. The first-order valence-electron chi connectivity index (χ1n) is 5.44. The Morgan fingerprint density at radius 2 is 2.00 bits per heavy atom. The third-order valence-electron chi connectivity index (χ3n) is 3.07. The lowest BCUT2D eigenvalue weighted by Gasteiger charge is -2.29. The van der Waals surface area contributed by atoms with E-state index in [1.54, 1.807) is 0 Å². The molecule has 0 bridgehead atoms. The molecule has 3 nitrogen and oxygen atoms in total. The number of rotatable bonds is 2. The van der Waals surface area contributed by atoms with E-state index in [1.165, 1.54) is 25.9 Å². The van der Waals surface area contributed by atoms with Crippen LogP contribution < -0.4 is 5.73 Å². The van der Waals surface area contributed by atoms with Gasteiger partial charge in [-0.15, -0.1) is 0 Å². The Kier molecular flexibility index (Phi) is 3.19. The molecule has 13 heavy (non-hydrogen) atoms. The van der Waals surface area contributed by atoms with Crippen molar-refractivity contribution in [3.05, 3.63) is 0 Å². The van der Waals surface area contributed by atoms with E-state index in [2.05, 4.69) is 4.90 Å². The smallest absolute Gasteiger partial charge is 0.0703 e. The second kappa shape index (κ2) is 4.40. The van der Waals surface area contributed by atoms with Crippen LogP contribution in [0.25, 0.3) is 0 Å². The summed E-state index contributed by atoms with van der Waals surface area (Å²) in [4.78, 5) is 2.52. The van der Waals surface area contributed by atoms with Crippen LogP contribution in [0.2, 0.25) is 0 Å². The first kappa shape index (κ1) is 9.44. The maximum absolute atomic E-state index is 5.77. The molecule has 0 saturated carbocycles. The highest BCUT2D eigenvalue weighted by Gasteiger charge is 2.22. The van der Waals surface area contributed by atoms with Crippen molar-refractivity contribution in [1.82, 2.24) is 4.90 Å². The summed E-state index contributed by atoms with van der Waals surface area (Å²) in [5, 5.41) is 0. The number of likely N-dealkylation sites (tertiary alicyclic amines) is 1. The molecule has 2 N–H and O–H groups in total. The second-order valence-electron chi connectivity index (χ2n) is 4.30. The monoisotopic (exact) mass is 184 g/mol. The van der Waals surface area contributed by atoms with Crippen molar-refractivity contribution in [2.75, 3.05) is 26.2 Å². The normalized spacial score (nSPS) is 36.7. The summed E-state index contributed by atoms with van der Waals surface area (Å²) in [5.74, 6) is 0. The Morgan fingerprint density at radius 3 is 2.62 bits per heavy atom. The predicted molar refractivity (Wildman–Crippen MR) is 52.6 cm³/mol. The summed E-state index contributed by atoms with van der Waals surface area (Å²) in [6.07, 6.45) is 5.48. The van der Waals surface area contributed by atoms with Crippen LogP contribution in [0, 0.1) is 0 Å². The van der Waals surface area contributed by atoms with Gasteiger partial charge in [-0.3, -0.25) is 0 Å². The van der Waals surface area contributed by atoms with E-state index in [1.807, 2.05) is 0 Å². The van der Waals surface area contributed by atoms with Gasteiger partial charge in [0, 0.05) is 12.6 Å². The molecule has 0 radical (unpaired) electrons. The fraction of sp³-hybridized carbons (Fsp3) is 1.00. The van der Waals surface area contributed by atoms with Gasteiger partial charge in [-0.2, -0.15) is 0 Å². The van der Waals surface area contributed by atoms with Gasteiger partial charge in [-0.05, 0) is 38.8 Å². The molecule has 1 unspecified atom stereocenters. The van der Waals surface area contributed by atoms with Crippen LogP contribution in [0.1, 0.15) is 25.7 Å². The molecule has 0 amide bonds. The fourth-order valence-electron chi connectivity index (χ4n) is 2.22. The van der Waals surface area contributed by atoms with E-state index >= 15 is 0 Å². The highest BCUT2D eigenvalue weighted by Crippen LogP contribution is 2.16. The Labute approximate surface area is 80.2 Å². The topological polar surface area (TPSA) is 38.5 Å². The molecule has 76 valence electrons. The van der Waals surface area contributed by atoms with Crippen LogP contribution in [0.15, 0.2) is 0 Å². The van der Waals surface area contributed by atoms with Gasteiger partial charge in [-0.25, -0.2) is 0 Å². The zero-order chi connectivity index (χ0) is 9.10. The summed E-state index contributed by atoms with van der Waals surface area (Å²) in [7, 11) is 0. The van der Waals surface area contributed by atoms with Crippen LogP contribution in [-0.2, 0) is 4.74 Å². The zero-order valence-corrected chi connectivity index (χ0v) is 8.24. The standard InChI is InChI=1S/C10H20N2O/c11-9-3-4-10(13-8-9)7-12-5-1-2-6-12/h9-10H,1-8,11H2/t9?,10-/m0/s1. The molecular formula is C10H20N2O. The second-order valence-corrected chi connectivity index (χ2v) is 4.30. The Balaban J connectivity index is 1.69. The zero-order valence-electron chi connectivity index (χ0n) is 8.24. The highest BCUT2D eigenvalue weighted by atomic mass is 16.5. The molecule has 2 rings (SSSR count). The van der Waals surface area contributed by atoms with Gasteiger partial charge < -0.3 is 15.4 Å². The van der Waals surface area contributed by atoms with Crippen LogP contribution in [0.5, 0.6) is 0 Å². The SMILES string of the molecule is NC1CC[C@@H](CN2CCCC2)OC1. The minimum absolute atomic E-state index is 0.287. The van der Waals surface area contributed by atoms with E-state index in [0.29, 0.717) is 6.10 Å². The lowest BCUT2D eigenvalue weighted by Crippen LogP contribution is -2.40. The molecule has 0 aromatic carbocycles. The molecule has 3 heteroatoms. The van der Waals surface area contributed by atoms with Crippen molar-refractivity contribution in [2.24, 2.45) is 5.73 Å². The van der Waals surface area contributed by atoms with Crippen LogP contribution in [0.3, 0.4) is 0 Å². The predicted octanol–water partition coefficient (Wildman–Crippen LogP) is 0.588. The lowest BCUT2D eigenvalue weighted by atomic mass is 10.1. The first-order valence-corrected chi connectivity index (χ1v) is 5.44. The molecule has 0 aliphatic carbocycles. The van der Waals surface area contributed by atoms with Gasteiger partial charge in [-0.1, -0.05) is 0 Å². The van der Waals surface area contributed by atoms with E-state index in [0.717, 1.165) is 26.0 Å². The van der Waals surface area contributed by atoms with Crippen molar-refractivity contribution in [3.63, 3.8) is 0 Å². The molecule has 2 heterocycles. The number of nitrogens with zero attached hydrogens (tertiary/aromatic N) is 1. The number of nitrogens with two attached hydrogens (primary N) is 1. The average Bonchev–Trinajstić information content (AvgIpc) is 2.62. The number of hydrogen-bond acceptors (Lipinski definition) is 3. The summed E-state index contributed by atoms with van der Waals surface area (Å²) in [6, 6.07) is 0.287. The minimum Gasteiger partial charge on any atom is -0.375 e. The maximum atomic E-state index is 5.77. The molecule has 0 aromatic rings. The van der Waals surface area contributed by atoms with Gasteiger partial charge >= 0.3 is 0 Å². The Bertz CT molecular complexity index is 149. The van der Waals surface area contributed by atoms with E-state index in [9.17, 15) is 0 Å².